The van der Waals surface area contributed by atoms with Crippen molar-refractivity contribution in [1.82, 2.24) is 20.4 Å². The van der Waals surface area contributed by atoms with Gasteiger partial charge in [-0.2, -0.15) is 5.10 Å². The fourth-order valence-electron chi connectivity index (χ4n) is 2.00. The van der Waals surface area contributed by atoms with Gasteiger partial charge in [0, 0.05) is 37.4 Å². The molecule has 0 radical (unpaired) electrons. The number of nitrogens with zero attached hydrogens (tertiary/aromatic N) is 3. The minimum Gasteiger partial charge on any atom is -0.354 e. The molecule has 0 spiro atoms. The molecule has 1 aromatic rings. The van der Waals surface area contributed by atoms with Crippen molar-refractivity contribution in [1.29, 1.82) is 0 Å². The summed E-state index contributed by atoms with van der Waals surface area (Å²) < 4.78 is 2.04. The molecule has 0 aliphatic heterocycles. The quantitative estimate of drug-likeness (QED) is 0.632. The second-order valence-corrected chi connectivity index (χ2v) is 4.84. The second kappa shape index (κ2) is 7.16. The van der Waals surface area contributed by atoms with Gasteiger partial charge in [-0.3, -0.25) is 9.67 Å². The van der Waals surface area contributed by atoms with E-state index in [0.29, 0.717) is 6.04 Å². The van der Waals surface area contributed by atoms with E-state index in [-0.39, 0.29) is 0 Å². The molecule has 0 saturated heterocycles. The molecule has 2 N–H and O–H groups in total. The minimum absolute atomic E-state index is 0.423. The van der Waals surface area contributed by atoms with Crippen LogP contribution in [0.2, 0.25) is 0 Å². The van der Waals surface area contributed by atoms with Gasteiger partial charge in [0.1, 0.15) is 0 Å². The van der Waals surface area contributed by atoms with Crippen LogP contribution in [0, 0.1) is 13.8 Å². The van der Waals surface area contributed by atoms with Gasteiger partial charge in [-0.25, -0.2) is 0 Å². The lowest BCUT2D eigenvalue weighted by molar-refractivity contribution is 0.622. The van der Waals surface area contributed by atoms with Crippen LogP contribution >= 0.6 is 0 Å². The molecule has 0 aliphatic rings. The molecular formula is C14H27N5. The standard InChI is InChI=1S/C14H27N5/c1-7-10(3)17-14(15-6)16-9-13-11(4)18-19(8-2)12(13)5/h10H,7-9H2,1-6H3,(H2,15,16,17)/t10-/m0/s1. The SMILES string of the molecule is CC[C@H](C)NC(=NC)NCc1c(C)nn(CC)c1C. The monoisotopic (exact) mass is 265 g/mol. The third-order valence-corrected chi connectivity index (χ3v) is 3.48. The highest BCUT2D eigenvalue weighted by atomic mass is 15.3. The Bertz CT molecular complexity index is 433. The van der Waals surface area contributed by atoms with Gasteiger partial charge >= 0.3 is 0 Å². The van der Waals surface area contributed by atoms with E-state index in [1.54, 1.807) is 7.05 Å². The molecule has 1 rings (SSSR count). The van der Waals surface area contributed by atoms with Gasteiger partial charge in [-0.05, 0) is 34.1 Å². The summed E-state index contributed by atoms with van der Waals surface area (Å²) in [5.41, 5.74) is 3.58. The fourth-order valence-corrected chi connectivity index (χ4v) is 2.00. The Morgan fingerprint density at radius 3 is 2.53 bits per heavy atom. The Hall–Kier alpha value is -1.52. The van der Waals surface area contributed by atoms with Crippen LogP contribution in [0.15, 0.2) is 4.99 Å². The Balaban J connectivity index is 2.68. The lowest BCUT2D eigenvalue weighted by Gasteiger charge is -2.16. The van der Waals surface area contributed by atoms with Gasteiger partial charge in [0.15, 0.2) is 5.96 Å². The summed E-state index contributed by atoms with van der Waals surface area (Å²) in [6, 6.07) is 0.423. The average molecular weight is 265 g/mol. The molecule has 1 aromatic heterocycles. The van der Waals surface area contributed by atoms with Crippen molar-refractivity contribution >= 4 is 5.96 Å². The number of rotatable bonds is 5. The summed E-state index contributed by atoms with van der Waals surface area (Å²) >= 11 is 0. The number of aryl methyl sites for hydroxylation is 2. The van der Waals surface area contributed by atoms with E-state index in [4.69, 9.17) is 0 Å². The number of aromatic nitrogens is 2. The highest BCUT2D eigenvalue weighted by Crippen LogP contribution is 2.12. The minimum atomic E-state index is 0.423. The van der Waals surface area contributed by atoms with Crippen molar-refractivity contribution in [2.45, 2.75) is 60.2 Å². The third kappa shape index (κ3) is 3.98. The lowest BCUT2D eigenvalue weighted by Crippen LogP contribution is -2.41. The van der Waals surface area contributed by atoms with Crippen LogP contribution in [-0.2, 0) is 13.1 Å². The van der Waals surface area contributed by atoms with E-state index in [9.17, 15) is 0 Å². The summed E-state index contributed by atoms with van der Waals surface area (Å²) in [5.74, 6) is 0.845. The molecule has 0 amide bonds. The van der Waals surface area contributed by atoms with Crippen LogP contribution in [0.25, 0.3) is 0 Å². The first-order valence-electron chi connectivity index (χ1n) is 7.03. The average Bonchev–Trinajstić information content (AvgIpc) is 2.69. The predicted molar refractivity (Wildman–Crippen MR) is 80.5 cm³/mol. The molecule has 0 saturated carbocycles. The highest BCUT2D eigenvalue weighted by molar-refractivity contribution is 5.79. The van der Waals surface area contributed by atoms with Gasteiger partial charge < -0.3 is 10.6 Å². The maximum atomic E-state index is 4.53. The smallest absolute Gasteiger partial charge is 0.191 e. The van der Waals surface area contributed by atoms with Crippen molar-refractivity contribution in [2.75, 3.05) is 7.05 Å². The molecule has 0 fully saturated rings. The number of guanidine groups is 1. The molecule has 19 heavy (non-hydrogen) atoms. The van der Waals surface area contributed by atoms with Gasteiger partial charge in [0.05, 0.1) is 5.69 Å². The van der Waals surface area contributed by atoms with Gasteiger partial charge in [0.25, 0.3) is 0 Å². The molecule has 0 aliphatic carbocycles. The molecule has 5 heteroatoms. The Morgan fingerprint density at radius 1 is 1.37 bits per heavy atom. The van der Waals surface area contributed by atoms with E-state index in [1.165, 1.54) is 11.3 Å². The molecule has 108 valence electrons. The second-order valence-electron chi connectivity index (χ2n) is 4.84. The van der Waals surface area contributed by atoms with Crippen LogP contribution in [0.3, 0.4) is 0 Å². The zero-order valence-corrected chi connectivity index (χ0v) is 13.0. The number of hydrogen-bond donors (Lipinski definition) is 2. The summed E-state index contributed by atoms with van der Waals surface area (Å²) in [6.45, 7) is 12.3. The van der Waals surface area contributed by atoms with E-state index >= 15 is 0 Å². The van der Waals surface area contributed by atoms with E-state index in [2.05, 4.69) is 55.3 Å². The predicted octanol–water partition coefficient (Wildman–Crippen LogP) is 1.98. The van der Waals surface area contributed by atoms with Crippen LogP contribution in [0.1, 0.15) is 44.1 Å². The van der Waals surface area contributed by atoms with Gasteiger partial charge in [-0.1, -0.05) is 6.92 Å². The number of aliphatic imine (C=N–C) groups is 1. The molecule has 1 heterocycles. The highest BCUT2D eigenvalue weighted by Gasteiger charge is 2.11. The van der Waals surface area contributed by atoms with Crippen molar-refractivity contribution < 1.29 is 0 Å². The van der Waals surface area contributed by atoms with Crippen LogP contribution in [-0.4, -0.2) is 28.8 Å². The first-order chi connectivity index (χ1) is 9.03. The Labute approximate surface area is 116 Å². The van der Waals surface area contributed by atoms with E-state index < -0.39 is 0 Å². The van der Waals surface area contributed by atoms with Crippen LogP contribution in [0.4, 0.5) is 0 Å². The summed E-state index contributed by atoms with van der Waals surface area (Å²) in [7, 11) is 1.80. The van der Waals surface area contributed by atoms with Crippen LogP contribution < -0.4 is 10.6 Å². The normalized spacial score (nSPS) is 13.5. The van der Waals surface area contributed by atoms with E-state index in [1.807, 2.05) is 4.68 Å². The largest absolute Gasteiger partial charge is 0.354 e. The molecule has 0 unspecified atom stereocenters. The zero-order valence-electron chi connectivity index (χ0n) is 13.0. The summed E-state index contributed by atoms with van der Waals surface area (Å²) in [5, 5.41) is 11.2. The van der Waals surface area contributed by atoms with Crippen LogP contribution in [0.5, 0.6) is 0 Å². The summed E-state index contributed by atoms with van der Waals surface area (Å²) in [6.07, 6.45) is 1.08. The van der Waals surface area contributed by atoms with E-state index in [0.717, 1.165) is 31.2 Å². The van der Waals surface area contributed by atoms with Gasteiger partial charge in [0.2, 0.25) is 0 Å². The first kappa shape index (κ1) is 15.5. The number of nitrogens with one attached hydrogen (secondary N) is 2. The topological polar surface area (TPSA) is 54.2 Å². The maximum Gasteiger partial charge on any atom is 0.191 e. The molecule has 1 atom stereocenters. The van der Waals surface area contributed by atoms with Gasteiger partial charge in [-0.15, -0.1) is 0 Å². The molecule has 5 nitrogen and oxygen atoms in total. The summed E-state index contributed by atoms with van der Waals surface area (Å²) in [4.78, 5) is 4.24. The third-order valence-electron chi connectivity index (χ3n) is 3.48. The Kier molecular flexibility index (Phi) is 5.86. The van der Waals surface area contributed by atoms with Crippen molar-refractivity contribution in [3.05, 3.63) is 17.0 Å². The van der Waals surface area contributed by atoms with Crippen molar-refractivity contribution in [3.8, 4) is 0 Å². The molecule has 0 aromatic carbocycles. The molecule has 0 bridgehead atoms. The zero-order chi connectivity index (χ0) is 14.4. The lowest BCUT2D eigenvalue weighted by atomic mass is 10.2. The maximum absolute atomic E-state index is 4.53. The van der Waals surface area contributed by atoms with Crippen molar-refractivity contribution in [2.24, 2.45) is 4.99 Å². The number of hydrogen-bond acceptors (Lipinski definition) is 2. The Morgan fingerprint density at radius 2 is 2.05 bits per heavy atom. The first-order valence-corrected chi connectivity index (χ1v) is 7.03. The molecular weight excluding hydrogens is 238 g/mol. The van der Waals surface area contributed by atoms with Crippen molar-refractivity contribution in [3.63, 3.8) is 0 Å². The fraction of sp³-hybridized carbons (Fsp3) is 0.714.